The Balaban J connectivity index is 0.00000110. The molecule has 2 saturated heterocycles. The molecule has 1 unspecified atom stereocenters. The van der Waals surface area contributed by atoms with Crippen molar-refractivity contribution in [3.63, 3.8) is 0 Å². The zero-order valence-electron chi connectivity index (χ0n) is 12.0. The van der Waals surface area contributed by atoms with Crippen LogP contribution in [0.25, 0.3) is 0 Å². The molecular formula is C15H23Cl2N3O. The van der Waals surface area contributed by atoms with Gasteiger partial charge in [-0.25, -0.2) is 0 Å². The first kappa shape index (κ1) is 18.2. The van der Waals surface area contributed by atoms with Crippen LogP contribution in [-0.4, -0.2) is 36.5 Å². The van der Waals surface area contributed by atoms with Crippen molar-refractivity contribution in [2.75, 3.05) is 25.0 Å². The second-order valence-electron chi connectivity index (χ2n) is 5.47. The quantitative estimate of drug-likeness (QED) is 0.890. The molecule has 1 atom stereocenters. The van der Waals surface area contributed by atoms with Gasteiger partial charge < -0.3 is 10.6 Å². The molecule has 2 aliphatic rings. The Morgan fingerprint density at radius 1 is 1.29 bits per heavy atom. The molecule has 0 spiro atoms. The van der Waals surface area contributed by atoms with Crippen molar-refractivity contribution in [3.05, 3.63) is 29.8 Å². The van der Waals surface area contributed by atoms with E-state index in [9.17, 15) is 4.79 Å². The zero-order chi connectivity index (χ0) is 13.1. The van der Waals surface area contributed by atoms with Crippen LogP contribution in [0.3, 0.4) is 0 Å². The van der Waals surface area contributed by atoms with Crippen molar-refractivity contribution in [1.82, 2.24) is 10.2 Å². The maximum atomic E-state index is 11.9. The summed E-state index contributed by atoms with van der Waals surface area (Å²) in [4.78, 5) is 14.3. The maximum Gasteiger partial charge on any atom is 0.241 e. The number of halogens is 2. The molecule has 21 heavy (non-hydrogen) atoms. The maximum absolute atomic E-state index is 11.9. The Hall–Kier alpha value is -0.810. The standard InChI is InChI=1S/C15H21N3O.2ClH/c19-15(14-6-7-16-14)17-13-5-3-4-12(10-13)11-18-8-1-2-9-18;;/h3-5,10,14,16H,1-2,6-9,11H2,(H,17,19);2*1H. The highest BCUT2D eigenvalue weighted by molar-refractivity contribution is 5.95. The van der Waals surface area contributed by atoms with Crippen LogP contribution in [0, 0.1) is 0 Å². The fourth-order valence-corrected chi connectivity index (χ4v) is 2.69. The number of benzene rings is 1. The average molecular weight is 332 g/mol. The lowest BCUT2D eigenvalue weighted by molar-refractivity contribution is -0.119. The number of rotatable bonds is 4. The van der Waals surface area contributed by atoms with Crippen LogP contribution in [0.5, 0.6) is 0 Å². The summed E-state index contributed by atoms with van der Waals surface area (Å²) >= 11 is 0. The molecule has 6 heteroatoms. The molecule has 2 heterocycles. The first-order valence-electron chi connectivity index (χ1n) is 7.17. The average Bonchev–Trinajstić information content (AvgIpc) is 2.79. The van der Waals surface area contributed by atoms with Gasteiger partial charge in [0.25, 0.3) is 0 Å². The van der Waals surface area contributed by atoms with Crippen molar-refractivity contribution >= 4 is 36.4 Å². The van der Waals surface area contributed by atoms with Crippen molar-refractivity contribution in [2.24, 2.45) is 0 Å². The topological polar surface area (TPSA) is 44.4 Å². The van der Waals surface area contributed by atoms with Crippen molar-refractivity contribution in [1.29, 1.82) is 0 Å². The van der Waals surface area contributed by atoms with Gasteiger partial charge in [-0.05, 0) is 56.6 Å². The molecular weight excluding hydrogens is 309 g/mol. The minimum absolute atomic E-state index is 0. The second kappa shape index (κ2) is 8.59. The van der Waals surface area contributed by atoms with E-state index < -0.39 is 0 Å². The molecule has 2 aliphatic heterocycles. The third kappa shape index (κ3) is 4.85. The summed E-state index contributed by atoms with van der Waals surface area (Å²) in [7, 11) is 0. The monoisotopic (exact) mass is 331 g/mol. The second-order valence-corrected chi connectivity index (χ2v) is 5.47. The van der Waals surface area contributed by atoms with Gasteiger partial charge in [0.1, 0.15) is 0 Å². The number of nitrogens with zero attached hydrogens (tertiary/aromatic N) is 1. The largest absolute Gasteiger partial charge is 0.325 e. The third-order valence-corrected chi connectivity index (χ3v) is 3.94. The fraction of sp³-hybridized carbons (Fsp3) is 0.533. The van der Waals surface area contributed by atoms with Crippen LogP contribution in [0.2, 0.25) is 0 Å². The van der Waals surface area contributed by atoms with Gasteiger partial charge in [-0.3, -0.25) is 9.69 Å². The SMILES string of the molecule is Cl.Cl.O=C(Nc1cccc(CN2CCCC2)c1)C1CCN1. The summed E-state index contributed by atoms with van der Waals surface area (Å²) in [5.41, 5.74) is 2.19. The molecule has 2 fully saturated rings. The van der Waals surface area contributed by atoms with Gasteiger partial charge in [0, 0.05) is 12.2 Å². The van der Waals surface area contributed by atoms with Crippen molar-refractivity contribution in [3.8, 4) is 0 Å². The Morgan fingerprint density at radius 3 is 2.62 bits per heavy atom. The van der Waals surface area contributed by atoms with Crippen LogP contribution in [0.15, 0.2) is 24.3 Å². The minimum Gasteiger partial charge on any atom is -0.325 e. The molecule has 0 bridgehead atoms. The van der Waals surface area contributed by atoms with E-state index >= 15 is 0 Å². The van der Waals surface area contributed by atoms with E-state index in [0.717, 1.165) is 25.2 Å². The molecule has 1 aromatic carbocycles. The Morgan fingerprint density at radius 2 is 2.00 bits per heavy atom. The van der Waals surface area contributed by atoms with E-state index in [-0.39, 0.29) is 36.8 Å². The molecule has 118 valence electrons. The smallest absolute Gasteiger partial charge is 0.241 e. The number of likely N-dealkylation sites (tertiary alicyclic amines) is 1. The van der Waals surface area contributed by atoms with Crippen LogP contribution >= 0.6 is 24.8 Å². The highest BCUT2D eigenvalue weighted by Crippen LogP contribution is 2.17. The number of hydrogen-bond acceptors (Lipinski definition) is 3. The molecule has 0 radical (unpaired) electrons. The van der Waals surface area contributed by atoms with Crippen LogP contribution in [0.1, 0.15) is 24.8 Å². The van der Waals surface area contributed by atoms with Crippen molar-refractivity contribution < 1.29 is 4.79 Å². The summed E-state index contributed by atoms with van der Waals surface area (Å²) in [5, 5.41) is 6.11. The minimum atomic E-state index is 0. The summed E-state index contributed by atoms with van der Waals surface area (Å²) in [5.74, 6) is 0.0876. The third-order valence-electron chi connectivity index (χ3n) is 3.94. The van der Waals surface area contributed by atoms with Gasteiger partial charge in [0.05, 0.1) is 6.04 Å². The Bertz CT molecular complexity index is 460. The zero-order valence-corrected chi connectivity index (χ0v) is 13.6. The van der Waals surface area contributed by atoms with Gasteiger partial charge in [-0.2, -0.15) is 0 Å². The molecule has 0 saturated carbocycles. The number of carbonyl (C=O) groups is 1. The first-order valence-corrected chi connectivity index (χ1v) is 7.17. The van der Waals surface area contributed by atoms with Gasteiger partial charge in [0.2, 0.25) is 5.91 Å². The van der Waals surface area contributed by atoms with E-state index in [1.54, 1.807) is 0 Å². The van der Waals surface area contributed by atoms with Gasteiger partial charge >= 0.3 is 0 Å². The summed E-state index contributed by atoms with van der Waals surface area (Å²) in [6, 6.07) is 8.21. The van der Waals surface area contributed by atoms with E-state index in [4.69, 9.17) is 0 Å². The number of hydrogen-bond donors (Lipinski definition) is 2. The van der Waals surface area contributed by atoms with Crippen LogP contribution < -0.4 is 10.6 Å². The lowest BCUT2D eigenvalue weighted by Gasteiger charge is -2.26. The van der Waals surface area contributed by atoms with Crippen LogP contribution in [-0.2, 0) is 11.3 Å². The molecule has 0 aliphatic carbocycles. The van der Waals surface area contributed by atoms with E-state index in [0.29, 0.717) is 0 Å². The highest BCUT2D eigenvalue weighted by Gasteiger charge is 2.24. The summed E-state index contributed by atoms with van der Waals surface area (Å²) < 4.78 is 0. The van der Waals surface area contributed by atoms with Gasteiger partial charge in [-0.15, -0.1) is 24.8 Å². The summed E-state index contributed by atoms with van der Waals surface area (Å²) in [6.07, 6.45) is 3.56. The Labute approximate surface area is 138 Å². The van der Waals surface area contributed by atoms with Gasteiger partial charge in [0.15, 0.2) is 0 Å². The number of carbonyl (C=O) groups excluding carboxylic acids is 1. The lowest BCUT2D eigenvalue weighted by atomic mass is 10.1. The fourth-order valence-electron chi connectivity index (χ4n) is 2.69. The van der Waals surface area contributed by atoms with E-state index in [1.807, 2.05) is 12.1 Å². The molecule has 4 nitrogen and oxygen atoms in total. The van der Waals surface area contributed by atoms with Crippen molar-refractivity contribution in [2.45, 2.75) is 31.8 Å². The lowest BCUT2D eigenvalue weighted by Crippen LogP contribution is -2.50. The van der Waals surface area contributed by atoms with Gasteiger partial charge in [-0.1, -0.05) is 12.1 Å². The summed E-state index contributed by atoms with van der Waals surface area (Å²) in [6.45, 7) is 4.34. The molecule has 1 aromatic rings. The van der Waals surface area contributed by atoms with Crippen LogP contribution in [0.4, 0.5) is 5.69 Å². The van der Waals surface area contributed by atoms with E-state index in [2.05, 4.69) is 27.7 Å². The molecule has 0 aromatic heterocycles. The Kier molecular flexibility index (Phi) is 7.46. The molecule has 3 rings (SSSR count). The number of anilines is 1. The number of amides is 1. The first-order chi connectivity index (χ1) is 9.31. The highest BCUT2D eigenvalue weighted by atomic mass is 35.5. The normalized spacial score (nSPS) is 20.9. The molecule has 2 N–H and O–H groups in total. The number of nitrogens with one attached hydrogen (secondary N) is 2. The van der Waals surface area contributed by atoms with E-state index in [1.165, 1.54) is 31.5 Å². The predicted molar refractivity (Wildman–Crippen MR) is 90.5 cm³/mol. The predicted octanol–water partition coefficient (Wildman–Crippen LogP) is 2.43. The molecule has 1 amide bonds.